The maximum atomic E-state index is 13.1. The number of ether oxygens (including phenoxy) is 2. The van der Waals surface area contributed by atoms with E-state index >= 15 is 0 Å². The molecule has 1 amide bonds. The number of nitrogens with zero attached hydrogens (tertiary/aromatic N) is 5. The third-order valence-corrected chi connectivity index (χ3v) is 6.52. The summed E-state index contributed by atoms with van der Waals surface area (Å²) in [6.07, 6.45) is 6.52. The molecule has 0 aromatic carbocycles. The first kappa shape index (κ1) is 27.0. The second kappa shape index (κ2) is 12.0. The number of pyridine rings is 3. The summed E-state index contributed by atoms with van der Waals surface area (Å²) >= 11 is 0. The summed E-state index contributed by atoms with van der Waals surface area (Å²) in [6, 6.07) is 9.66. The maximum Gasteiger partial charge on any atom is 0.257 e. The summed E-state index contributed by atoms with van der Waals surface area (Å²) in [5.74, 6) is 0.346. The number of carbonyl (C=O) groups excluding carboxylic acids is 1. The van der Waals surface area contributed by atoms with Crippen molar-refractivity contribution in [1.82, 2.24) is 15.0 Å². The van der Waals surface area contributed by atoms with Gasteiger partial charge in [-0.25, -0.2) is 4.98 Å². The molecular formula is C29H34N6O3. The summed E-state index contributed by atoms with van der Waals surface area (Å²) in [6.45, 7) is 11.1. The van der Waals surface area contributed by atoms with Crippen LogP contribution in [0, 0.1) is 18.3 Å². The van der Waals surface area contributed by atoms with Crippen LogP contribution < -0.4 is 15.0 Å². The zero-order valence-corrected chi connectivity index (χ0v) is 22.5. The van der Waals surface area contributed by atoms with Crippen LogP contribution in [0.3, 0.4) is 0 Å². The van der Waals surface area contributed by atoms with E-state index in [1.165, 1.54) is 0 Å². The number of hydrogen-bond donors (Lipinski definition) is 1. The molecule has 3 aromatic heterocycles. The van der Waals surface area contributed by atoms with Gasteiger partial charge in [0.15, 0.2) is 0 Å². The first-order chi connectivity index (χ1) is 18.3. The zero-order valence-electron chi connectivity index (χ0n) is 22.5. The van der Waals surface area contributed by atoms with Crippen molar-refractivity contribution in [3.05, 3.63) is 70.9 Å². The molecule has 198 valence electrons. The standard InChI is InChI=1S/C29H34N6O3/c1-5-38-28-25(35-9-6-11-37-12-10-35)14-21(17-33-28)13-22-15-23(18-32-20(22)2)27(36)34-24-7-8-31-26(16-24)29(3,4)19-30/h7-8,14-18H,5-6,9-13H2,1-4H3,(H,31,34,36). The van der Waals surface area contributed by atoms with Gasteiger partial charge in [0.25, 0.3) is 5.91 Å². The van der Waals surface area contributed by atoms with Crippen LogP contribution in [0.25, 0.3) is 0 Å². The number of anilines is 2. The van der Waals surface area contributed by atoms with Crippen molar-refractivity contribution in [2.75, 3.05) is 43.1 Å². The van der Waals surface area contributed by atoms with Gasteiger partial charge >= 0.3 is 0 Å². The van der Waals surface area contributed by atoms with Crippen molar-refractivity contribution < 1.29 is 14.3 Å². The maximum absolute atomic E-state index is 13.1. The fraction of sp³-hybridized carbons (Fsp3) is 0.414. The van der Waals surface area contributed by atoms with Crippen LogP contribution in [0.2, 0.25) is 0 Å². The minimum atomic E-state index is -0.760. The Bertz CT molecular complexity index is 1330. The van der Waals surface area contributed by atoms with Gasteiger partial charge in [-0.15, -0.1) is 0 Å². The van der Waals surface area contributed by atoms with Gasteiger partial charge in [-0.3, -0.25) is 14.8 Å². The van der Waals surface area contributed by atoms with Crippen LogP contribution in [-0.2, 0) is 16.6 Å². The molecule has 1 N–H and O–H groups in total. The minimum absolute atomic E-state index is 0.277. The average molecular weight is 515 g/mol. The Morgan fingerprint density at radius 3 is 2.82 bits per heavy atom. The van der Waals surface area contributed by atoms with E-state index in [0.29, 0.717) is 42.5 Å². The number of rotatable bonds is 8. The molecule has 0 bridgehead atoms. The number of aromatic nitrogens is 3. The molecule has 9 nitrogen and oxygen atoms in total. The van der Waals surface area contributed by atoms with E-state index in [-0.39, 0.29) is 5.91 Å². The Hall–Kier alpha value is -4.03. The fourth-order valence-electron chi connectivity index (χ4n) is 4.25. The third-order valence-electron chi connectivity index (χ3n) is 6.52. The first-order valence-electron chi connectivity index (χ1n) is 12.9. The van der Waals surface area contributed by atoms with Gasteiger partial charge < -0.3 is 19.7 Å². The number of amides is 1. The van der Waals surface area contributed by atoms with Gasteiger partial charge in [0, 0.05) is 56.1 Å². The van der Waals surface area contributed by atoms with Crippen molar-refractivity contribution in [1.29, 1.82) is 5.26 Å². The Balaban J connectivity index is 1.55. The minimum Gasteiger partial charge on any atom is -0.476 e. The van der Waals surface area contributed by atoms with Crippen LogP contribution >= 0.6 is 0 Å². The monoisotopic (exact) mass is 514 g/mol. The molecule has 0 radical (unpaired) electrons. The van der Waals surface area contributed by atoms with Gasteiger partial charge in [0.1, 0.15) is 5.69 Å². The number of hydrogen-bond acceptors (Lipinski definition) is 8. The predicted octanol–water partition coefficient (Wildman–Crippen LogP) is 4.45. The SMILES string of the molecule is CCOc1ncc(Cc2cc(C(=O)Nc3ccnc(C(C)(C)C#N)c3)cnc2C)cc1N1CCCOCC1. The highest BCUT2D eigenvalue weighted by molar-refractivity contribution is 6.04. The topological polar surface area (TPSA) is 113 Å². The molecule has 4 rings (SSSR count). The summed E-state index contributed by atoms with van der Waals surface area (Å²) < 4.78 is 11.5. The van der Waals surface area contributed by atoms with E-state index in [2.05, 4.69) is 37.3 Å². The Morgan fingerprint density at radius 2 is 2.03 bits per heavy atom. The van der Waals surface area contributed by atoms with Crippen LogP contribution in [0.15, 0.2) is 42.9 Å². The molecule has 0 saturated carbocycles. The second-order valence-corrected chi connectivity index (χ2v) is 9.82. The molecule has 0 unspecified atom stereocenters. The lowest BCUT2D eigenvalue weighted by Crippen LogP contribution is -2.27. The summed E-state index contributed by atoms with van der Waals surface area (Å²) in [5, 5.41) is 12.3. The summed E-state index contributed by atoms with van der Waals surface area (Å²) in [5.41, 5.74) is 4.62. The van der Waals surface area contributed by atoms with E-state index in [4.69, 9.17) is 9.47 Å². The molecule has 1 aliphatic rings. The molecule has 1 fully saturated rings. The number of aryl methyl sites for hydroxylation is 1. The van der Waals surface area contributed by atoms with Gasteiger partial charge in [0.2, 0.25) is 5.88 Å². The Kier molecular flexibility index (Phi) is 8.54. The first-order valence-corrected chi connectivity index (χ1v) is 12.9. The van der Waals surface area contributed by atoms with E-state index in [1.54, 1.807) is 38.4 Å². The van der Waals surface area contributed by atoms with Crippen LogP contribution in [0.1, 0.15) is 60.1 Å². The van der Waals surface area contributed by atoms with Crippen molar-refractivity contribution in [3.63, 3.8) is 0 Å². The van der Waals surface area contributed by atoms with E-state index in [0.717, 1.165) is 48.6 Å². The van der Waals surface area contributed by atoms with Crippen molar-refractivity contribution in [3.8, 4) is 11.9 Å². The van der Waals surface area contributed by atoms with Gasteiger partial charge in [0.05, 0.1) is 36.0 Å². The quantitative estimate of drug-likeness (QED) is 0.469. The van der Waals surface area contributed by atoms with Gasteiger partial charge in [-0.1, -0.05) is 0 Å². The second-order valence-electron chi connectivity index (χ2n) is 9.82. The molecule has 0 atom stereocenters. The van der Waals surface area contributed by atoms with Crippen LogP contribution in [-0.4, -0.2) is 53.8 Å². The van der Waals surface area contributed by atoms with E-state index in [9.17, 15) is 10.1 Å². The fourth-order valence-corrected chi connectivity index (χ4v) is 4.25. The predicted molar refractivity (Wildman–Crippen MR) is 146 cm³/mol. The van der Waals surface area contributed by atoms with Crippen LogP contribution in [0.5, 0.6) is 5.88 Å². The van der Waals surface area contributed by atoms with E-state index < -0.39 is 5.41 Å². The molecule has 0 spiro atoms. The number of nitriles is 1. The number of nitrogens with one attached hydrogen (secondary N) is 1. The molecule has 1 aliphatic heterocycles. The van der Waals surface area contributed by atoms with Crippen molar-refractivity contribution >= 4 is 17.3 Å². The molecule has 0 aliphatic carbocycles. The third kappa shape index (κ3) is 6.45. The summed E-state index contributed by atoms with van der Waals surface area (Å²) in [4.78, 5) is 28.7. The smallest absolute Gasteiger partial charge is 0.257 e. The highest BCUT2D eigenvalue weighted by atomic mass is 16.5. The van der Waals surface area contributed by atoms with Gasteiger partial charge in [-0.05, 0) is 69.5 Å². The zero-order chi connectivity index (χ0) is 27.1. The lowest BCUT2D eigenvalue weighted by molar-refractivity contribution is 0.102. The van der Waals surface area contributed by atoms with E-state index in [1.807, 2.05) is 26.1 Å². The lowest BCUT2D eigenvalue weighted by atomic mass is 9.90. The Morgan fingerprint density at radius 1 is 1.18 bits per heavy atom. The van der Waals surface area contributed by atoms with Crippen LogP contribution in [0.4, 0.5) is 11.4 Å². The molecule has 3 aromatic rings. The molecular weight excluding hydrogens is 480 g/mol. The van der Waals surface area contributed by atoms with Crippen molar-refractivity contribution in [2.45, 2.75) is 46.0 Å². The molecule has 38 heavy (non-hydrogen) atoms. The highest BCUT2D eigenvalue weighted by Crippen LogP contribution is 2.29. The number of carbonyl (C=O) groups is 1. The van der Waals surface area contributed by atoms with Gasteiger partial charge in [-0.2, -0.15) is 5.26 Å². The molecule has 9 heteroatoms. The highest BCUT2D eigenvalue weighted by Gasteiger charge is 2.22. The summed E-state index contributed by atoms with van der Waals surface area (Å²) in [7, 11) is 0. The largest absolute Gasteiger partial charge is 0.476 e. The van der Waals surface area contributed by atoms with Crippen molar-refractivity contribution in [2.24, 2.45) is 0 Å². The molecule has 4 heterocycles. The normalized spacial score (nSPS) is 13.9. The Labute approximate surface area is 223 Å². The lowest BCUT2D eigenvalue weighted by Gasteiger charge is -2.24. The average Bonchev–Trinajstić information content (AvgIpc) is 3.20. The molecule has 1 saturated heterocycles.